The SMILES string of the molecule is Cc1csc(SCc2ccccc2C(=O)OCC(=O)c2ccccc2)n1. The van der Waals surface area contributed by atoms with Crippen LogP contribution in [0.5, 0.6) is 0 Å². The van der Waals surface area contributed by atoms with Crippen molar-refractivity contribution >= 4 is 34.9 Å². The minimum absolute atomic E-state index is 0.218. The van der Waals surface area contributed by atoms with Crippen LogP contribution in [0.3, 0.4) is 0 Å². The van der Waals surface area contributed by atoms with Gasteiger partial charge < -0.3 is 4.74 Å². The van der Waals surface area contributed by atoms with E-state index >= 15 is 0 Å². The van der Waals surface area contributed by atoms with Crippen LogP contribution in [0.4, 0.5) is 0 Å². The van der Waals surface area contributed by atoms with E-state index < -0.39 is 5.97 Å². The third-order valence-corrected chi connectivity index (χ3v) is 5.80. The first-order valence-electron chi connectivity index (χ1n) is 8.01. The highest BCUT2D eigenvalue weighted by Crippen LogP contribution is 2.27. The molecule has 0 fully saturated rings. The van der Waals surface area contributed by atoms with E-state index in [1.165, 1.54) is 0 Å². The predicted octanol–water partition coefficient (Wildman–Crippen LogP) is 4.78. The number of carbonyl (C=O) groups is 2. The van der Waals surface area contributed by atoms with Crippen LogP contribution in [0.15, 0.2) is 64.3 Å². The lowest BCUT2D eigenvalue weighted by Crippen LogP contribution is -2.15. The number of Topliss-reactive ketones (excluding diaryl/α,β-unsaturated/α-hetero) is 1. The summed E-state index contributed by atoms with van der Waals surface area (Å²) in [7, 11) is 0. The van der Waals surface area contributed by atoms with Crippen molar-refractivity contribution in [3.8, 4) is 0 Å². The first-order valence-corrected chi connectivity index (χ1v) is 9.88. The summed E-state index contributed by atoms with van der Waals surface area (Å²) in [5.41, 5.74) is 2.87. The Morgan fingerprint density at radius 2 is 1.81 bits per heavy atom. The number of benzene rings is 2. The van der Waals surface area contributed by atoms with Crippen LogP contribution in [0.25, 0.3) is 0 Å². The molecule has 0 atom stereocenters. The molecule has 0 spiro atoms. The van der Waals surface area contributed by atoms with Gasteiger partial charge in [0.25, 0.3) is 0 Å². The highest BCUT2D eigenvalue weighted by molar-refractivity contribution is 8.00. The molecule has 0 radical (unpaired) electrons. The Bertz CT molecular complexity index is 906. The van der Waals surface area contributed by atoms with Gasteiger partial charge in [-0.2, -0.15) is 0 Å². The first-order chi connectivity index (χ1) is 12.6. The monoisotopic (exact) mass is 383 g/mol. The number of aromatic nitrogens is 1. The Kier molecular flexibility index (Phi) is 6.20. The Morgan fingerprint density at radius 1 is 1.08 bits per heavy atom. The highest BCUT2D eigenvalue weighted by atomic mass is 32.2. The van der Waals surface area contributed by atoms with E-state index in [2.05, 4.69) is 4.98 Å². The van der Waals surface area contributed by atoms with Crippen molar-refractivity contribution in [1.29, 1.82) is 0 Å². The number of esters is 1. The van der Waals surface area contributed by atoms with Gasteiger partial charge in [-0.15, -0.1) is 11.3 Å². The number of ether oxygens (including phenoxy) is 1. The van der Waals surface area contributed by atoms with E-state index in [1.54, 1.807) is 59.5 Å². The number of nitrogens with zero attached hydrogens (tertiary/aromatic N) is 1. The maximum absolute atomic E-state index is 12.4. The Balaban J connectivity index is 1.63. The van der Waals surface area contributed by atoms with Crippen LogP contribution in [-0.2, 0) is 10.5 Å². The fourth-order valence-electron chi connectivity index (χ4n) is 2.30. The van der Waals surface area contributed by atoms with Crippen LogP contribution in [-0.4, -0.2) is 23.3 Å². The lowest BCUT2D eigenvalue weighted by atomic mass is 10.1. The van der Waals surface area contributed by atoms with Crippen molar-refractivity contribution < 1.29 is 14.3 Å². The Hall–Kier alpha value is -2.44. The molecule has 2 aromatic carbocycles. The van der Waals surface area contributed by atoms with E-state index in [9.17, 15) is 9.59 Å². The minimum Gasteiger partial charge on any atom is -0.454 e. The van der Waals surface area contributed by atoms with Gasteiger partial charge in [0.2, 0.25) is 0 Å². The van der Waals surface area contributed by atoms with E-state index in [1.807, 2.05) is 30.5 Å². The molecule has 0 aliphatic carbocycles. The molecule has 3 aromatic rings. The van der Waals surface area contributed by atoms with Gasteiger partial charge in [-0.1, -0.05) is 60.3 Å². The number of aryl methyl sites for hydroxylation is 1. The number of thiazole rings is 1. The lowest BCUT2D eigenvalue weighted by molar-refractivity contribution is 0.0474. The van der Waals surface area contributed by atoms with E-state index in [4.69, 9.17) is 4.74 Å². The van der Waals surface area contributed by atoms with Gasteiger partial charge in [-0.05, 0) is 18.6 Å². The quantitative estimate of drug-likeness (QED) is 0.334. The summed E-state index contributed by atoms with van der Waals surface area (Å²) >= 11 is 3.17. The third-order valence-electron chi connectivity index (χ3n) is 3.62. The van der Waals surface area contributed by atoms with Gasteiger partial charge in [0.1, 0.15) is 4.34 Å². The zero-order valence-electron chi connectivity index (χ0n) is 14.2. The van der Waals surface area contributed by atoms with Crippen molar-refractivity contribution in [2.45, 2.75) is 17.0 Å². The fraction of sp³-hybridized carbons (Fsp3) is 0.150. The smallest absolute Gasteiger partial charge is 0.338 e. The topological polar surface area (TPSA) is 56.3 Å². The molecule has 132 valence electrons. The van der Waals surface area contributed by atoms with Crippen molar-refractivity contribution in [3.63, 3.8) is 0 Å². The standard InChI is InChI=1S/C20H17NO3S2/c1-14-12-25-20(21-14)26-13-16-9-5-6-10-17(16)19(23)24-11-18(22)15-7-3-2-4-8-15/h2-10,12H,11,13H2,1H3. The zero-order valence-corrected chi connectivity index (χ0v) is 15.8. The van der Waals surface area contributed by atoms with Crippen LogP contribution >= 0.6 is 23.1 Å². The molecule has 0 aliphatic heterocycles. The van der Waals surface area contributed by atoms with E-state index in [0.29, 0.717) is 16.9 Å². The average molecular weight is 383 g/mol. The molecule has 0 N–H and O–H groups in total. The van der Waals surface area contributed by atoms with Crippen molar-refractivity contribution in [1.82, 2.24) is 4.98 Å². The number of hydrogen-bond donors (Lipinski definition) is 0. The van der Waals surface area contributed by atoms with Crippen molar-refractivity contribution in [2.75, 3.05) is 6.61 Å². The summed E-state index contributed by atoms with van der Waals surface area (Å²) in [6.07, 6.45) is 0. The summed E-state index contributed by atoms with van der Waals surface area (Å²) in [5, 5.41) is 2.00. The molecule has 0 unspecified atom stereocenters. The lowest BCUT2D eigenvalue weighted by Gasteiger charge is -2.09. The second kappa shape index (κ2) is 8.78. The minimum atomic E-state index is -0.485. The van der Waals surface area contributed by atoms with Gasteiger partial charge in [-0.25, -0.2) is 9.78 Å². The van der Waals surface area contributed by atoms with Gasteiger partial charge in [0, 0.05) is 22.4 Å². The highest BCUT2D eigenvalue weighted by Gasteiger charge is 2.15. The number of hydrogen-bond acceptors (Lipinski definition) is 6. The van der Waals surface area contributed by atoms with E-state index in [0.717, 1.165) is 15.6 Å². The fourth-order valence-corrected chi connectivity index (χ4v) is 4.15. The molecule has 1 aromatic heterocycles. The van der Waals surface area contributed by atoms with Crippen molar-refractivity contribution in [3.05, 3.63) is 82.4 Å². The van der Waals surface area contributed by atoms with Crippen LogP contribution in [0.2, 0.25) is 0 Å². The molecule has 26 heavy (non-hydrogen) atoms. The number of carbonyl (C=O) groups excluding carboxylic acids is 2. The molecule has 4 nitrogen and oxygen atoms in total. The molecule has 3 rings (SSSR count). The molecule has 0 saturated carbocycles. The molecule has 0 aliphatic rings. The molecule has 6 heteroatoms. The van der Waals surface area contributed by atoms with Crippen LogP contribution in [0.1, 0.15) is 32.0 Å². The Labute approximate surface area is 160 Å². The summed E-state index contributed by atoms with van der Waals surface area (Å²) in [6, 6.07) is 16.1. The Morgan fingerprint density at radius 3 is 2.54 bits per heavy atom. The largest absolute Gasteiger partial charge is 0.454 e. The maximum atomic E-state index is 12.4. The summed E-state index contributed by atoms with van der Waals surface area (Å²) in [5.74, 6) is -0.0879. The van der Waals surface area contributed by atoms with Crippen LogP contribution < -0.4 is 0 Å². The maximum Gasteiger partial charge on any atom is 0.338 e. The van der Waals surface area contributed by atoms with Gasteiger partial charge in [-0.3, -0.25) is 4.79 Å². The molecule has 0 saturated heterocycles. The molecule has 1 heterocycles. The zero-order chi connectivity index (χ0) is 18.4. The number of rotatable bonds is 7. The van der Waals surface area contributed by atoms with Gasteiger partial charge >= 0.3 is 5.97 Å². The van der Waals surface area contributed by atoms with E-state index in [-0.39, 0.29) is 12.4 Å². The van der Waals surface area contributed by atoms with Crippen LogP contribution in [0, 0.1) is 6.92 Å². The summed E-state index contributed by atoms with van der Waals surface area (Å²) < 4.78 is 6.19. The summed E-state index contributed by atoms with van der Waals surface area (Å²) in [6.45, 7) is 1.69. The second-order valence-corrected chi connectivity index (χ2v) is 7.65. The third kappa shape index (κ3) is 4.80. The molecular formula is C20H17NO3S2. The average Bonchev–Trinajstić information content (AvgIpc) is 3.10. The predicted molar refractivity (Wildman–Crippen MR) is 104 cm³/mol. The number of thioether (sulfide) groups is 1. The molecular weight excluding hydrogens is 366 g/mol. The second-order valence-electron chi connectivity index (χ2n) is 5.57. The molecule has 0 amide bonds. The van der Waals surface area contributed by atoms with Gasteiger partial charge in [0.05, 0.1) is 5.56 Å². The normalized spacial score (nSPS) is 10.5. The number of ketones is 1. The summed E-state index contributed by atoms with van der Waals surface area (Å²) in [4.78, 5) is 28.9. The van der Waals surface area contributed by atoms with Crippen molar-refractivity contribution in [2.24, 2.45) is 0 Å². The molecule has 0 bridgehead atoms. The van der Waals surface area contributed by atoms with Gasteiger partial charge in [0.15, 0.2) is 12.4 Å². The first kappa shape index (κ1) is 18.4.